The number of nitrogens with zero attached hydrogens (tertiary/aromatic N) is 1. The van der Waals surface area contributed by atoms with Crippen LogP contribution in [-0.4, -0.2) is 13.1 Å². The Balaban J connectivity index is 0. The van der Waals surface area contributed by atoms with Crippen LogP contribution in [0.3, 0.4) is 0 Å². The summed E-state index contributed by atoms with van der Waals surface area (Å²) in [5.41, 5.74) is 0. The summed E-state index contributed by atoms with van der Waals surface area (Å²) in [5, 5.41) is 4.71. The molecule has 0 aliphatic heterocycles. The Hall–Kier alpha value is 1.60. The van der Waals surface area contributed by atoms with E-state index in [-0.39, 0.29) is 51.4 Å². The maximum atomic E-state index is 4.71. The van der Waals surface area contributed by atoms with Crippen molar-refractivity contribution in [1.82, 2.24) is 0 Å². The summed E-state index contributed by atoms with van der Waals surface area (Å²) >= 11 is 0. The molecule has 0 bridgehead atoms. The third-order valence-electron chi connectivity index (χ3n) is 5.34. The molecule has 0 heterocycles. The van der Waals surface area contributed by atoms with Crippen LogP contribution in [-0.2, 0) is 0 Å². The van der Waals surface area contributed by atoms with E-state index in [2.05, 4.69) is 13.8 Å². The summed E-state index contributed by atoms with van der Waals surface area (Å²) < 4.78 is 0. The van der Waals surface area contributed by atoms with Gasteiger partial charge in [0.15, 0.2) is 0 Å². The van der Waals surface area contributed by atoms with Crippen LogP contribution in [0.2, 0.25) is 0 Å². The first-order valence-corrected chi connectivity index (χ1v) is 12.0. The van der Waals surface area contributed by atoms with Gasteiger partial charge in [0.1, 0.15) is 0 Å². The minimum absolute atomic E-state index is 0. The Morgan fingerprint density at radius 1 is 0.346 bits per heavy atom. The second-order valence-corrected chi connectivity index (χ2v) is 8.03. The van der Waals surface area contributed by atoms with Crippen LogP contribution in [0, 0.1) is 0 Å². The van der Waals surface area contributed by atoms with E-state index in [1.807, 2.05) is 0 Å². The van der Waals surface area contributed by atoms with Gasteiger partial charge in [0.25, 0.3) is 0 Å². The van der Waals surface area contributed by atoms with Crippen LogP contribution in [0.25, 0.3) is 5.32 Å². The summed E-state index contributed by atoms with van der Waals surface area (Å²) in [6.45, 7) is 6.82. The van der Waals surface area contributed by atoms with Crippen molar-refractivity contribution >= 4 is 0 Å². The monoisotopic (exact) mass is 391 g/mol. The van der Waals surface area contributed by atoms with Gasteiger partial charge >= 0.3 is 51.4 Å². The fourth-order valence-electron chi connectivity index (χ4n) is 3.53. The van der Waals surface area contributed by atoms with E-state index >= 15 is 0 Å². The van der Waals surface area contributed by atoms with Crippen LogP contribution in [0.15, 0.2) is 0 Å². The van der Waals surface area contributed by atoms with Crippen molar-refractivity contribution in [2.24, 2.45) is 0 Å². The molecule has 0 aromatic rings. The van der Waals surface area contributed by atoms with E-state index in [4.69, 9.17) is 5.32 Å². The van der Waals surface area contributed by atoms with Gasteiger partial charge in [-0.3, -0.25) is 0 Å². The first-order chi connectivity index (χ1) is 12.4. The predicted molar refractivity (Wildman–Crippen MR) is 117 cm³/mol. The summed E-state index contributed by atoms with van der Waals surface area (Å²) in [6, 6.07) is 0. The average molecular weight is 392 g/mol. The van der Waals surface area contributed by atoms with Gasteiger partial charge in [0.2, 0.25) is 0 Å². The molecule has 0 N–H and O–H groups in total. The van der Waals surface area contributed by atoms with Gasteiger partial charge in [-0.05, 0) is 0 Å². The first kappa shape index (κ1) is 29.8. The van der Waals surface area contributed by atoms with Crippen LogP contribution < -0.4 is 51.4 Å². The average Bonchev–Trinajstić information content (AvgIpc) is 2.63. The van der Waals surface area contributed by atoms with Crippen LogP contribution in [0.5, 0.6) is 0 Å². The Morgan fingerprint density at radius 3 is 0.846 bits per heavy atom. The van der Waals surface area contributed by atoms with Crippen LogP contribution in [0.4, 0.5) is 0 Å². The van der Waals surface area contributed by atoms with Crippen molar-refractivity contribution < 1.29 is 51.4 Å². The molecule has 26 heavy (non-hydrogen) atoms. The maximum absolute atomic E-state index is 4.71. The Morgan fingerprint density at radius 2 is 0.577 bits per heavy atom. The molecule has 1 nitrogen and oxygen atoms in total. The quantitative estimate of drug-likeness (QED) is 0.154. The van der Waals surface area contributed by atoms with E-state index in [1.54, 1.807) is 0 Å². The summed E-state index contributed by atoms with van der Waals surface area (Å²) in [7, 11) is 0. The Kier molecular flexibility index (Phi) is 33.0. The van der Waals surface area contributed by atoms with E-state index < -0.39 is 0 Å². The second-order valence-electron chi connectivity index (χ2n) is 8.03. The standard InChI is InChI=1S/C24H50N.K/c1-3-5-7-9-11-13-15-17-19-21-23-25-24-22-20-18-16-14-12-10-8-6-4-2;/h3-24H2,1-2H3;/q-1;+1. The zero-order valence-electron chi connectivity index (χ0n) is 19.0. The fourth-order valence-corrected chi connectivity index (χ4v) is 3.53. The molecule has 0 rings (SSSR count). The van der Waals surface area contributed by atoms with Gasteiger partial charge in [-0.25, -0.2) is 0 Å². The predicted octanol–water partition coefficient (Wildman–Crippen LogP) is 6.21. The largest absolute Gasteiger partial charge is 1.00 e. The minimum Gasteiger partial charge on any atom is -0.662 e. The molecule has 0 amide bonds. The van der Waals surface area contributed by atoms with E-state index in [9.17, 15) is 0 Å². The van der Waals surface area contributed by atoms with Gasteiger partial charge in [-0.15, -0.1) is 13.1 Å². The zero-order chi connectivity index (χ0) is 18.3. The van der Waals surface area contributed by atoms with E-state index in [0.29, 0.717) is 0 Å². The maximum Gasteiger partial charge on any atom is 1.00 e. The van der Waals surface area contributed by atoms with Gasteiger partial charge in [0, 0.05) is 0 Å². The molecular formula is C24H50KN. The van der Waals surface area contributed by atoms with E-state index in [1.165, 1.54) is 128 Å². The Labute approximate surface area is 210 Å². The number of rotatable bonds is 22. The smallest absolute Gasteiger partial charge is 0.662 e. The van der Waals surface area contributed by atoms with E-state index in [0.717, 1.165) is 13.1 Å². The zero-order valence-corrected chi connectivity index (χ0v) is 22.1. The van der Waals surface area contributed by atoms with Crippen LogP contribution >= 0.6 is 0 Å². The topological polar surface area (TPSA) is 14.1 Å². The molecule has 0 fully saturated rings. The van der Waals surface area contributed by atoms with Gasteiger partial charge in [0.05, 0.1) is 0 Å². The molecular weight excluding hydrogens is 341 g/mol. The third-order valence-corrected chi connectivity index (χ3v) is 5.34. The molecule has 0 radical (unpaired) electrons. The molecule has 0 aliphatic rings. The van der Waals surface area contributed by atoms with Gasteiger partial charge < -0.3 is 5.32 Å². The van der Waals surface area contributed by atoms with Crippen molar-refractivity contribution in [1.29, 1.82) is 0 Å². The van der Waals surface area contributed by atoms with Crippen LogP contribution in [0.1, 0.15) is 142 Å². The molecule has 152 valence electrons. The first-order valence-electron chi connectivity index (χ1n) is 12.0. The second kappa shape index (κ2) is 28.8. The van der Waals surface area contributed by atoms with Crippen molar-refractivity contribution in [2.45, 2.75) is 142 Å². The van der Waals surface area contributed by atoms with Gasteiger partial charge in [-0.1, -0.05) is 142 Å². The fraction of sp³-hybridized carbons (Fsp3) is 1.00. The molecule has 0 saturated carbocycles. The normalized spacial score (nSPS) is 10.8. The number of hydrogen-bond donors (Lipinski definition) is 0. The Bertz CT molecular complexity index is 198. The van der Waals surface area contributed by atoms with Crippen molar-refractivity contribution in [3.05, 3.63) is 5.32 Å². The summed E-state index contributed by atoms with van der Waals surface area (Å²) in [6.07, 6.45) is 28.5. The van der Waals surface area contributed by atoms with Crippen molar-refractivity contribution in [3.8, 4) is 0 Å². The molecule has 0 spiro atoms. The number of hydrogen-bond acceptors (Lipinski definition) is 0. The third kappa shape index (κ3) is 27.8. The molecule has 0 aliphatic carbocycles. The molecule has 0 aromatic heterocycles. The minimum atomic E-state index is 0. The van der Waals surface area contributed by atoms with Gasteiger partial charge in [-0.2, -0.15) is 0 Å². The molecule has 0 unspecified atom stereocenters. The van der Waals surface area contributed by atoms with Crippen molar-refractivity contribution in [3.63, 3.8) is 0 Å². The number of unbranched alkanes of at least 4 members (excludes halogenated alkanes) is 18. The molecule has 0 atom stereocenters. The molecule has 0 aromatic carbocycles. The molecule has 2 heteroatoms. The SMILES string of the molecule is CCCCCCCCCCCC[N-]CCCCCCCCCCCC.[K+]. The molecule has 0 saturated heterocycles. The summed E-state index contributed by atoms with van der Waals surface area (Å²) in [5.74, 6) is 0. The van der Waals surface area contributed by atoms with Crippen molar-refractivity contribution in [2.75, 3.05) is 13.1 Å². The summed E-state index contributed by atoms with van der Waals surface area (Å²) in [4.78, 5) is 0.